The highest BCUT2D eigenvalue weighted by atomic mass is 32.1. The molecule has 3 aromatic rings. The molecule has 1 amide bonds. The summed E-state index contributed by atoms with van der Waals surface area (Å²) in [4.78, 5) is 18.8. The van der Waals surface area contributed by atoms with Gasteiger partial charge in [0, 0.05) is 32.8 Å². The molecule has 156 valence electrons. The number of methoxy groups -OCH3 is 1. The third-order valence-corrected chi connectivity index (χ3v) is 6.89. The zero-order valence-corrected chi connectivity index (χ0v) is 17.7. The first-order valence-electron chi connectivity index (χ1n) is 10.3. The predicted octanol–water partition coefficient (Wildman–Crippen LogP) is 3.67. The lowest BCUT2D eigenvalue weighted by Gasteiger charge is -2.27. The lowest BCUT2D eigenvalue weighted by Crippen LogP contribution is -2.45. The van der Waals surface area contributed by atoms with Gasteiger partial charge in [-0.25, -0.2) is 4.98 Å². The van der Waals surface area contributed by atoms with E-state index in [1.165, 1.54) is 12.0 Å². The van der Waals surface area contributed by atoms with Crippen LogP contribution in [0.1, 0.15) is 12.0 Å². The van der Waals surface area contributed by atoms with Crippen molar-refractivity contribution in [3.8, 4) is 10.9 Å². The van der Waals surface area contributed by atoms with Crippen LogP contribution in [-0.4, -0.2) is 48.6 Å². The summed E-state index contributed by atoms with van der Waals surface area (Å²) in [5.41, 5.74) is 2.15. The standard InChI is InChI=1S/C23H25N3O3S/c1-28-14-22(27)26-13-16-10-18(16)20(26)12-24-11-15-6-8-17(9-7-15)29-23-25-19-4-2-3-5-21(19)30-23/h2-9,16,18,20,24H,10-14H2,1H3. The van der Waals surface area contributed by atoms with Crippen molar-refractivity contribution < 1.29 is 14.3 Å². The van der Waals surface area contributed by atoms with E-state index in [9.17, 15) is 4.79 Å². The van der Waals surface area contributed by atoms with E-state index in [1.54, 1.807) is 18.4 Å². The number of nitrogens with one attached hydrogen (secondary N) is 1. The summed E-state index contributed by atoms with van der Waals surface area (Å²) in [6.07, 6.45) is 1.25. The zero-order chi connectivity index (χ0) is 20.5. The molecule has 2 fully saturated rings. The molecular weight excluding hydrogens is 398 g/mol. The van der Waals surface area contributed by atoms with Gasteiger partial charge in [0.15, 0.2) is 0 Å². The van der Waals surface area contributed by atoms with Crippen LogP contribution in [0.3, 0.4) is 0 Å². The maximum absolute atomic E-state index is 12.3. The molecule has 1 N–H and O–H groups in total. The first-order chi connectivity index (χ1) is 14.7. The monoisotopic (exact) mass is 423 g/mol. The van der Waals surface area contributed by atoms with Crippen LogP contribution in [0.25, 0.3) is 10.2 Å². The first kappa shape index (κ1) is 19.5. The summed E-state index contributed by atoms with van der Waals surface area (Å²) >= 11 is 1.55. The minimum absolute atomic E-state index is 0.104. The Morgan fingerprint density at radius 2 is 2.07 bits per heavy atom. The minimum Gasteiger partial charge on any atom is -0.431 e. The molecule has 1 aliphatic heterocycles. The largest absolute Gasteiger partial charge is 0.431 e. The number of thiazole rings is 1. The van der Waals surface area contributed by atoms with Gasteiger partial charge in [-0.2, -0.15) is 0 Å². The summed E-state index contributed by atoms with van der Waals surface area (Å²) in [5, 5.41) is 4.18. The first-order valence-corrected chi connectivity index (χ1v) is 11.1. The van der Waals surface area contributed by atoms with Gasteiger partial charge in [0.25, 0.3) is 5.19 Å². The maximum atomic E-state index is 12.3. The molecule has 30 heavy (non-hydrogen) atoms. The molecule has 0 radical (unpaired) electrons. The second-order valence-electron chi connectivity index (χ2n) is 8.03. The lowest BCUT2D eigenvalue weighted by molar-refractivity contribution is -0.136. The quantitative estimate of drug-likeness (QED) is 0.599. The Kier molecular flexibility index (Phi) is 5.41. The fourth-order valence-corrected chi connectivity index (χ4v) is 5.20. The molecule has 0 bridgehead atoms. The Bertz CT molecular complexity index is 1000. The molecule has 1 saturated carbocycles. The Hall–Kier alpha value is -2.48. The number of hydrogen-bond donors (Lipinski definition) is 1. The summed E-state index contributed by atoms with van der Waals surface area (Å²) in [6, 6.07) is 16.4. The third-order valence-electron chi connectivity index (χ3n) is 5.98. The van der Waals surface area contributed by atoms with Gasteiger partial charge in [0.1, 0.15) is 12.4 Å². The van der Waals surface area contributed by atoms with Gasteiger partial charge in [-0.1, -0.05) is 35.6 Å². The third kappa shape index (κ3) is 4.05. The van der Waals surface area contributed by atoms with Crippen LogP contribution in [0.15, 0.2) is 48.5 Å². The van der Waals surface area contributed by atoms with E-state index in [-0.39, 0.29) is 12.5 Å². The van der Waals surface area contributed by atoms with Crippen molar-refractivity contribution in [1.29, 1.82) is 0 Å². The minimum atomic E-state index is 0.104. The highest BCUT2D eigenvalue weighted by Gasteiger charge is 2.53. The van der Waals surface area contributed by atoms with Crippen molar-refractivity contribution in [2.75, 3.05) is 26.8 Å². The smallest absolute Gasteiger partial charge is 0.279 e. The van der Waals surface area contributed by atoms with Crippen LogP contribution in [0.2, 0.25) is 0 Å². The van der Waals surface area contributed by atoms with Crippen LogP contribution < -0.4 is 10.1 Å². The van der Waals surface area contributed by atoms with Gasteiger partial charge in [-0.3, -0.25) is 4.79 Å². The molecule has 2 heterocycles. The molecule has 7 heteroatoms. The fourth-order valence-electron chi connectivity index (χ4n) is 4.36. The van der Waals surface area contributed by atoms with E-state index in [0.717, 1.165) is 35.6 Å². The molecule has 5 rings (SSSR count). The van der Waals surface area contributed by atoms with Crippen molar-refractivity contribution in [2.24, 2.45) is 11.8 Å². The number of nitrogens with zero attached hydrogens (tertiary/aromatic N) is 2. The number of hydrogen-bond acceptors (Lipinski definition) is 6. The van der Waals surface area contributed by atoms with E-state index in [2.05, 4.69) is 22.4 Å². The normalized spacial score (nSPS) is 22.3. The molecular formula is C23H25N3O3S. The Morgan fingerprint density at radius 1 is 1.23 bits per heavy atom. The number of carbonyl (C=O) groups excluding carboxylic acids is 1. The van der Waals surface area contributed by atoms with Crippen LogP contribution in [0.4, 0.5) is 0 Å². The second kappa shape index (κ2) is 8.34. The van der Waals surface area contributed by atoms with Gasteiger partial charge in [0.05, 0.1) is 10.2 Å². The highest BCUT2D eigenvalue weighted by molar-refractivity contribution is 7.20. The van der Waals surface area contributed by atoms with E-state index >= 15 is 0 Å². The SMILES string of the molecule is COCC(=O)N1CC2CC2C1CNCc1ccc(Oc2nc3ccccc3s2)cc1. The summed E-state index contributed by atoms with van der Waals surface area (Å²) in [7, 11) is 1.58. The van der Waals surface area contributed by atoms with Gasteiger partial charge >= 0.3 is 0 Å². The van der Waals surface area contributed by atoms with Crippen LogP contribution >= 0.6 is 11.3 Å². The maximum Gasteiger partial charge on any atom is 0.279 e. The van der Waals surface area contributed by atoms with Crippen molar-refractivity contribution in [2.45, 2.75) is 19.0 Å². The van der Waals surface area contributed by atoms with Crippen molar-refractivity contribution in [3.05, 3.63) is 54.1 Å². The molecule has 6 nitrogen and oxygen atoms in total. The zero-order valence-electron chi connectivity index (χ0n) is 16.9. The van der Waals surface area contributed by atoms with Crippen LogP contribution in [0.5, 0.6) is 10.9 Å². The van der Waals surface area contributed by atoms with Gasteiger partial charge < -0.3 is 19.7 Å². The van der Waals surface area contributed by atoms with Crippen molar-refractivity contribution in [3.63, 3.8) is 0 Å². The van der Waals surface area contributed by atoms with Gasteiger partial charge in [-0.05, 0) is 48.1 Å². The highest BCUT2D eigenvalue weighted by Crippen LogP contribution is 2.49. The Balaban J connectivity index is 1.14. The number of likely N-dealkylation sites (tertiary alicyclic amines) is 1. The second-order valence-corrected chi connectivity index (χ2v) is 9.02. The average Bonchev–Trinajstić information content (AvgIpc) is 3.25. The number of fused-ring (bicyclic) bond motifs is 2. The number of para-hydroxylation sites is 1. The number of ether oxygens (including phenoxy) is 2. The Labute approximate surface area is 179 Å². The number of amides is 1. The van der Waals surface area contributed by atoms with Gasteiger partial charge in [-0.15, -0.1) is 0 Å². The number of aromatic nitrogens is 1. The number of carbonyl (C=O) groups is 1. The molecule has 2 aromatic carbocycles. The summed E-state index contributed by atoms with van der Waals surface area (Å²) in [5.74, 6) is 2.23. The molecule has 3 unspecified atom stereocenters. The van der Waals surface area contributed by atoms with Crippen LogP contribution in [-0.2, 0) is 16.1 Å². The molecule has 2 aliphatic rings. The fraction of sp³-hybridized carbons (Fsp3) is 0.391. The van der Waals surface area contributed by atoms with Crippen molar-refractivity contribution in [1.82, 2.24) is 15.2 Å². The van der Waals surface area contributed by atoms with Crippen molar-refractivity contribution >= 4 is 27.5 Å². The van der Waals surface area contributed by atoms with E-state index in [4.69, 9.17) is 9.47 Å². The number of piperidine rings is 1. The molecule has 1 aromatic heterocycles. The molecule has 0 spiro atoms. The Morgan fingerprint density at radius 3 is 2.87 bits per heavy atom. The van der Waals surface area contributed by atoms with E-state index in [1.807, 2.05) is 41.3 Å². The predicted molar refractivity (Wildman–Crippen MR) is 117 cm³/mol. The summed E-state index contributed by atoms with van der Waals surface area (Å²) in [6.45, 7) is 2.64. The number of benzene rings is 2. The van der Waals surface area contributed by atoms with Gasteiger partial charge in [0.2, 0.25) is 5.91 Å². The topological polar surface area (TPSA) is 63.7 Å². The summed E-state index contributed by atoms with van der Waals surface area (Å²) < 4.78 is 12.1. The molecule has 1 saturated heterocycles. The van der Waals surface area contributed by atoms with Crippen LogP contribution in [0, 0.1) is 11.8 Å². The van der Waals surface area contributed by atoms with E-state index < -0.39 is 0 Å². The molecule has 1 aliphatic carbocycles. The number of rotatable bonds is 8. The average molecular weight is 424 g/mol. The van der Waals surface area contributed by atoms with E-state index in [0.29, 0.717) is 23.1 Å². The lowest BCUT2D eigenvalue weighted by atomic mass is 10.1. The molecule has 3 atom stereocenters.